The Balaban J connectivity index is 1.58. The molecule has 6 heteroatoms. The van der Waals surface area contributed by atoms with Crippen molar-refractivity contribution in [2.45, 2.75) is 45.6 Å². The summed E-state index contributed by atoms with van der Waals surface area (Å²) in [5, 5.41) is 0. The zero-order valence-corrected chi connectivity index (χ0v) is 16.1. The molecule has 3 fully saturated rings. The van der Waals surface area contributed by atoms with Crippen molar-refractivity contribution in [3.8, 4) is 0 Å². The third-order valence-electron chi connectivity index (χ3n) is 6.14. The molecule has 3 heterocycles. The van der Waals surface area contributed by atoms with Crippen LogP contribution in [0.3, 0.4) is 0 Å². The van der Waals surface area contributed by atoms with Crippen LogP contribution < -0.4 is 0 Å². The van der Waals surface area contributed by atoms with E-state index in [0.29, 0.717) is 30.2 Å². The Kier molecular flexibility index (Phi) is 5.87. The number of carbonyl (C=O) groups excluding carboxylic acids is 2. The number of piperazine rings is 1. The third kappa shape index (κ3) is 4.27. The van der Waals surface area contributed by atoms with Crippen molar-refractivity contribution in [3.63, 3.8) is 0 Å². The van der Waals surface area contributed by atoms with Gasteiger partial charge in [0.05, 0.1) is 0 Å². The summed E-state index contributed by atoms with van der Waals surface area (Å²) in [6, 6.07) is 0.550. The maximum absolute atomic E-state index is 12.8. The number of likely N-dealkylation sites (tertiary alicyclic amines) is 2. The van der Waals surface area contributed by atoms with Crippen LogP contribution in [0, 0.1) is 11.8 Å². The summed E-state index contributed by atoms with van der Waals surface area (Å²) in [6.07, 6.45) is 3.59. The monoisotopic (exact) mass is 350 g/mol. The van der Waals surface area contributed by atoms with Crippen molar-refractivity contribution in [3.05, 3.63) is 0 Å². The van der Waals surface area contributed by atoms with Gasteiger partial charge in [-0.2, -0.15) is 0 Å². The minimum Gasteiger partial charge on any atom is -0.339 e. The van der Waals surface area contributed by atoms with E-state index in [1.807, 2.05) is 9.80 Å². The molecule has 0 unspecified atom stereocenters. The first-order chi connectivity index (χ1) is 12.0. The molecule has 2 atom stereocenters. The van der Waals surface area contributed by atoms with Crippen molar-refractivity contribution < 1.29 is 9.59 Å². The number of carbonyl (C=O) groups is 2. The number of nitrogens with zero attached hydrogens (tertiary/aromatic N) is 4. The number of hydrogen-bond acceptors (Lipinski definition) is 3. The quantitative estimate of drug-likeness (QED) is 0.779. The van der Waals surface area contributed by atoms with E-state index in [9.17, 15) is 9.59 Å². The number of likely N-dealkylation sites (N-methyl/N-ethyl adjacent to an activating group) is 1. The van der Waals surface area contributed by atoms with Gasteiger partial charge >= 0.3 is 6.03 Å². The van der Waals surface area contributed by atoms with Crippen LogP contribution >= 0.6 is 0 Å². The normalized spacial score (nSPS) is 28.5. The molecule has 3 saturated heterocycles. The van der Waals surface area contributed by atoms with Crippen LogP contribution in [-0.2, 0) is 4.79 Å². The smallest absolute Gasteiger partial charge is 0.320 e. The Bertz CT molecular complexity index is 488. The van der Waals surface area contributed by atoms with Crippen LogP contribution in [0.15, 0.2) is 0 Å². The Morgan fingerprint density at radius 3 is 2.48 bits per heavy atom. The van der Waals surface area contributed by atoms with Gasteiger partial charge in [0.25, 0.3) is 0 Å². The highest BCUT2D eigenvalue weighted by Gasteiger charge is 2.40. The van der Waals surface area contributed by atoms with Gasteiger partial charge in [0.1, 0.15) is 0 Å². The van der Waals surface area contributed by atoms with E-state index in [1.54, 1.807) is 0 Å². The molecule has 3 rings (SSSR count). The van der Waals surface area contributed by atoms with Crippen LogP contribution in [0.1, 0.15) is 39.5 Å². The molecule has 0 aromatic rings. The number of piperidine rings is 2. The minimum absolute atomic E-state index is 0.206. The molecule has 3 aliphatic rings. The molecule has 0 bridgehead atoms. The van der Waals surface area contributed by atoms with Crippen LogP contribution in [0.4, 0.5) is 4.79 Å². The first kappa shape index (κ1) is 18.5. The maximum Gasteiger partial charge on any atom is 0.320 e. The second-order valence-corrected chi connectivity index (χ2v) is 8.44. The maximum atomic E-state index is 12.8. The fourth-order valence-electron chi connectivity index (χ4n) is 4.41. The second kappa shape index (κ2) is 7.94. The van der Waals surface area contributed by atoms with E-state index in [2.05, 4.69) is 30.7 Å². The summed E-state index contributed by atoms with van der Waals surface area (Å²) >= 11 is 0. The largest absolute Gasteiger partial charge is 0.339 e. The first-order valence-corrected chi connectivity index (χ1v) is 9.97. The Hall–Kier alpha value is -1.30. The predicted molar refractivity (Wildman–Crippen MR) is 98.3 cm³/mol. The SMILES string of the molecule is CC(C)CCN1C(=O)CC[C@H]2CN(C(=O)N3CCN(C)CC3)CC[C@H]21. The third-order valence-corrected chi connectivity index (χ3v) is 6.14. The van der Waals surface area contributed by atoms with E-state index in [1.165, 1.54) is 0 Å². The highest BCUT2D eigenvalue weighted by Crippen LogP contribution is 2.32. The molecule has 3 amide bonds. The number of rotatable bonds is 3. The predicted octanol–water partition coefficient (Wildman–Crippen LogP) is 1.71. The fraction of sp³-hybridized carbons (Fsp3) is 0.895. The fourth-order valence-corrected chi connectivity index (χ4v) is 4.41. The van der Waals surface area contributed by atoms with Gasteiger partial charge in [-0.25, -0.2) is 4.79 Å². The molecule has 6 nitrogen and oxygen atoms in total. The minimum atomic E-state index is 0.206. The lowest BCUT2D eigenvalue weighted by atomic mass is 9.83. The van der Waals surface area contributed by atoms with Crippen LogP contribution in [0.25, 0.3) is 0 Å². The lowest BCUT2D eigenvalue weighted by Gasteiger charge is -2.48. The summed E-state index contributed by atoms with van der Waals surface area (Å²) < 4.78 is 0. The number of amides is 3. The van der Waals surface area contributed by atoms with Gasteiger partial charge in [0.2, 0.25) is 5.91 Å². The van der Waals surface area contributed by atoms with Gasteiger partial charge in [-0.3, -0.25) is 4.79 Å². The Labute approximate surface area is 152 Å². The number of hydrogen-bond donors (Lipinski definition) is 0. The van der Waals surface area contributed by atoms with Crippen LogP contribution in [0.5, 0.6) is 0 Å². The molecule has 0 N–H and O–H groups in total. The van der Waals surface area contributed by atoms with Gasteiger partial charge in [0.15, 0.2) is 0 Å². The Morgan fingerprint density at radius 1 is 1.08 bits per heavy atom. The highest BCUT2D eigenvalue weighted by atomic mass is 16.2. The molecule has 0 aliphatic carbocycles. The topological polar surface area (TPSA) is 47.1 Å². The molecular formula is C19H34N4O2. The van der Waals surface area contributed by atoms with Crippen LogP contribution in [0.2, 0.25) is 0 Å². The molecule has 0 spiro atoms. The molecule has 25 heavy (non-hydrogen) atoms. The summed E-state index contributed by atoms with van der Waals surface area (Å²) in [6.45, 7) is 10.5. The van der Waals surface area contributed by atoms with Gasteiger partial charge in [0, 0.05) is 58.3 Å². The average Bonchev–Trinajstić information content (AvgIpc) is 2.60. The van der Waals surface area contributed by atoms with Crippen molar-refractivity contribution in [1.82, 2.24) is 19.6 Å². The van der Waals surface area contributed by atoms with Crippen LogP contribution in [-0.4, -0.2) is 90.4 Å². The average molecular weight is 351 g/mol. The van der Waals surface area contributed by atoms with Crippen molar-refractivity contribution >= 4 is 11.9 Å². The molecule has 3 aliphatic heterocycles. The molecule has 142 valence electrons. The molecule has 0 saturated carbocycles. The summed E-state index contributed by atoms with van der Waals surface area (Å²) in [5.74, 6) is 1.39. The first-order valence-electron chi connectivity index (χ1n) is 9.97. The standard InChI is InChI=1S/C19H34N4O2/c1-15(2)6-9-23-17-7-8-22(14-16(17)4-5-18(23)24)19(25)21-12-10-20(3)11-13-21/h15-17H,4-14H2,1-3H3/t16-,17+/m0/s1. The highest BCUT2D eigenvalue weighted by molar-refractivity contribution is 5.78. The number of urea groups is 1. The zero-order chi connectivity index (χ0) is 18.0. The lowest BCUT2D eigenvalue weighted by Crippen LogP contribution is -2.60. The van der Waals surface area contributed by atoms with E-state index < -0.39 is 0 Å². The van der Waals surface area contributed by atoms with Crippen molar-refractivity contribution in [1.29, 1.82) is 0 Å². The van der Waals surface area contributed by atoms with E-state index in [-0.39, 0.29) is 6.03 Å². The Morgan fingerprint density at radius 2 is 1.80 bits per heavy atom. The van der Waals surface area contributed by atoms with E-state index in [0.717, 1.165) is 65.1 Å². The summed E-state index contributed by atoms with van der Waals surface area (Å²) in [7, 11) is 2.11. The summed E-state index contributed by atoms with van der Waals surface area (Å²) in [4.78, 5) is 33.7. The zero-order valence-electron chi connectivity index (χ0n) is 16.1. The van der Waals surface area contributed by atoms with Gasteiger partial charge in [-0.1, -0.05) is 13.8 Å². The summed E-state index contributed by atoms with van der Waals surface area (Å²) in [5.41, 5.74) is 0. The van der Waals surface area contributed by atoms with Gasteiger partial charge in [-0.05, 0) is 38.1 Å². The molecule has 0 radical (unpaired) electrons. The van der Waals surface area contributed by atoms with E-state index >= 15 is 0 Å². The van der Waals surface area contributed by atoms with E-state index in [4.69, 9.17) is 0 Å². The number of fused-ring (bicyclic) bond motifs is 1. The van der Waals surface area contributed by atoms with Crippen molar-refractivity contribution in [2.75, 3.05) is 52.9 Å². The van der Waals surface area contributed by atoms with Crippen molar-refractivity contribution in [2.24, 2.45) is 11.8 Å². The molecule has 0 aromatic carbocycles. The van der Waals surface area contributed by atoms with Gasteiger partial charge in [-0.15, -0.1) is 0 Å². The second-order valence-electron chi connectivity index (χ2n) is 8.44. The van der Waals surface area contributed by atoms with Gasteiger partial charge < -0.3 is 19.6 Å². The molecule has 0 aromatic heterocycles. The lowest BCUT2D eigenvalue weighted by molar-refractivity contribution is -0.140. The molecular weight excluding hydrogens is 316 g/mol.